The van der Waals surface area contributed by atoms with Crippen LogP contribution in [0.15, 0.2) is 0 Å². The fourth-order valence-corrected chi connectivity index (χ4v) is 1.90. The topological polar surface area (TPSA) is 41.5 Å². The fraction of sp³-hybridized carbons (Fsp3) is 1.00. The van der Waals surface area contributed by atoms with Gasteiger partial charge in [-0.05, 0) is 45.7 Å². The molecule has 1 heterocycles. The second kappa shape index (κ2) is 4.94. The summed E-state index contributed by atoms with van der Waals surface area (Å²) in [5.74, 6) is 0.412. The highest BCUT2D eigenvalue weighted by atomic mass is 16.5. The molecule has 0 radical (unpaired) electrons. The molecule has 0 spiro atoms. The lowest BCUT2D eigenvalue weighted by molar-refractivity contribution is -0.0576. The maximum Gasteiger partial charge on any atom is 0.0661 e. The van der Waals surface area contributed by atoms with E-state index in [0.717, 1.165) is 39.0 Å². The van der Waals surface area contributed by atoms with Crippen LogP contribution in [0.2, 0.25) is 0 Å². The van der Waals surface area contributed by atoms with Gasteiger partial charge < -0.3 is 15.2 Å². The van der Waals surface area contributed by atoms with Gasteiger partial charge in [-0.1, -0.05) is 0 Å². The third kappa shape index (κ3) is 3.25. The molecule has 0 saturated carbocycles. The standard InChI is InChI=1S/C10H21NO2/c1-10(12,5-6-11-2)9-3-7-13-8-4-9/h9,11-12H,3-8H2,1-2H3. The zero-order valence-electron chi connectivity index (χ0n) is 8.68. The molecule has 0 aromatic rings. The molecule has 3 nitrogen and oxygen atoms in total. The van der Waals surface area contributed by atoms with Crippen molar-refractivity contribution in [1.29, 1.82) is 0 Å². The molecule has 0 amide bonds. The van der Waals surface area contributed by atoms with E-state index < -0.39 is 5.60 Å². The highest BCUT2D eigenvalue weighted by Crippen LogP contribution is 2.29. The predicted octanol–water partition coefficient (Wildman–Crippen LogP) is 0.773. The van der Waals surface area contributed by atoms with Crippen LogP contribution in [-0.2, 0) is 4.74 Å². The normalized spacial score (nSPS) is 24.2. The molecular formula is C10H21NO2. The predicted molar refractivity (Wildman–Crippen MR) is 52.7 cm³/mol. The maximum absolute atomic E-state index is 10.2. The van der Waals surface area contributed by atoms with Gasteiger partial charge in [0.2, 0.25) is 0 Å². The molecule has 2 N–H and O–H groups in total. The maximum atomic E-state index is 10.2. The van der Waals surface area contributed by atoms with Crippen LogP contribution in [0, 0.1) is 5.92 Å². The Morgan fingerprint density at radius 3 is 2.62 bits per heavy atom. The van der Waals surface area contributed by atoms with Crippen molar-refractivity contribution >= 4 is 0 Å². The van der Waals surface area contributed by atoms with E-state index in [2.05, 4.69) is 5.32 Å². The van der Waals surface area contributed by atoms with Gasteiger partial charge in [-0.25, -0.2) is 0 Å². The molecule has 1 rings (SSSR count). The second-order valence-corrected chi connectivity index (χ2v) is 4.10. The average molecular weight is 187 g/mol. The van der Waals surface area contributed by atoms with Gasteiger partial charge in [-0.2, -0.15) is 0 Å². The van der Waals surface area contributed by atoms with Crippen molar-refractivity contribution in [2.45, 2.75) is 31.8 Å². The van der Waals surface area contributed by atoms with E-state index in [0.29, 0.717) is 5.92 Å². The SMILES string of the molecule is CNCCC(C)(O)C1CCOCC1. The summed E-state index contributed by atoms with van der Waals surface area (Å²) in [5.41, 5.74) is -0.521. The van der Waals surface area contributed by atoms with Gasteiger partial charge in [0.05, 0.1) is 5.60 Å². The Labute approximate surface area is 80.5 Å². The summed E-state index contributed by atoms with van der Waals surface area (Å²) < 4.78 is 5.27. The number of rotatable bonds is 4. The largest absolute Gasteiger partial charge is 0.390 e. The summed E-state index contributed by atoms with van der Waals surface area (Å²) in [5, 5.41) is 13.2. The van der Waals surface area contributed by atoms with Gasteiger partial charge in [0.15, 0.2) is 0 Å². The molecule has 78 valence electrons. The molecule has 0 bridgehead atoms. The molecule has 1 fully saturated rings. The Hall–Kier alpha value is -0.120. The zero-order chi connectivity index (χ0) is 9.73. The van der Waals surface area contributed by atoms with Gasteiger partial charge >= 0.3 is 0 Å². The van der Waals surface area contributed by atoms with E-state index in [4.69, 9.17) is 4.74 Å². The third-order valence-corrected chi connectivity index (χ3v) is 2.98. The first kappa shape index (κ1) is 11.0. The first-order chi connectivity index (χ1) is 6.17. The summed E-state index contributed by atoms with van der Waals surface area (Å²) in [7, 11) is 1.92. The molecular weight excluding hydrogens is 166 g/mol. The highest BCUT2D eigenvalue weighted by Gasteiger charge is 2.32. The fourth-order valence-electron chi connectivity index (χ4n) is 1.90. The van der Waals surface area contributed by atoms with Crippen LogP contribution in [0.5, 0.6) is 0 Å². The summed E-state index contributed by atoms with van der Waals surface area (Å²) in [6.07, 6.45) is 2.82. The third-order valence-electron chi connectivity index (χ3n) is 2.98. The van der Waals surface area contributed by atoms with Crippen LogP contribution >= 0.6 is 0 Å². The Morgan fingerprint density at radius 2 is 2.08 bits per heavy atom. The summed E-state index contributed by atoms with van der Waals surface area (Å²) in [6.45, 7) is 4.44. The van der Waals surface area contributed by atoms with E-state index in [1.165, 1.54) is 0 Å². The quantitative estimate of drug-likeness (QED) is 0.683. The Morgan fingerprint density at radius 1 is 1.46 bits per heavy atom. The van der Waals surface area contributed by atoms with Crippen LogP contribution in [0.3, 0.4) is 0 Å². The Balaban J connectivity index is 2.36. The van der Waals surface area contributed by atoms with Crippen molar-refractivity contribution in [3.05, 3.63) is 0 Å². The van der Waals surface area contributed by atoms with E-state index in [9.17, 15) is 5.11 Å². The first-order valence-corrected chi connectivity index (χ1v) is 5.11. The van der Waals surface area contributed by atoms with Gasteiger partial charge in [-0.3, -0.25) is 0 Å². The summed E-state index contributed by atoms with van der Waals surface area (Å²) in [6, 6.07) is 0. The number of nitrogens with one attached hydrogen (secondary N) is 1. The van der Waals surface area contributed by atoms with Gasteiger partial charge in [0.25, 0.3) is 0 Å². The lowest BCUT2D eigenvalue weighted by Gasteiger charge is -2.35. The van der Waals surface area contributed by atoms with E-state index >= 15 is 0 Å². The lowest BCUT2D eigenvalue weighted by Crippen LogP contribution is -2.40. The minimum atomic E-state index is -0.521. The molecule has 3 heteroatoms. The summed E-state index contributed by atoms with van der Waals surface area (Å²) in [4.78, 5) is 0. The molecule has 0 aromatic heterocycles. The van der Waals surface area contributed by atoms with Crippen LogP contribution in [0.4, 0.5) is 0 Å². The number of hydrogen-bond donors (Lipinski definition) is 2. The van der Waals surface area contributed by atoms with Crippen molar-refractivity contribution < 1.29 is 9.84 Å². The minimum Gasteiger partial charge on any atom is -0.390 e. The molecule has 0 aliphatic carbocycles. The van der Waals surface area contributed by atoms with Crippen molar-refractivity contribution in [2.75, 3.05) is 26.8 Å². The van der Waals surface area contributed by atoms with Crippen LogP contribution in [0.25, 0.3) is 0 Å². The van der Waals surface area contributed by atoms with Crippen LogP contribution in [0.1, 0.15) is 26.2 Å². The Bertz CT molecular complexity index is 142. The van der Waals surface area contributed by atoms with E-state index in [-0.39, 0.29) is 0 Å². The smallest absolute Gasteiger partial charge is 0.0661 e. The molecule has 0 aromatic carbocycles. The van der Waals surface area contributed by atoms with Gasteiger partial charge in [0, 0.05) is 13.2 Å². The van der Waals surface area contributed by atoms with Crippen molar-refractivity contribution in [3.63, 3.8) is 0 Å². The van der Waals surface area contributed by atoms with Crippen molar-refractivity contribution in [2.24, 2.45) is 5.92 Å². The number of hydrogen-bond acceptors (Lipinski definition) is 3. The van der Waals surface area contributed by atoms with Crippen molar-refractivity contribution in [1.82, 2.24) is 5.32 Å². The highest BCUT2D eigenvalue weighted by molar-refractivity contribution is 4.83. The second-order valence-electron chi connectivity index (χ2n) is 4.10. The minimum absolute atomic E-state index is 0.412. The first-order valence-electron chi connectivity index (χ1n) is 5.11. The summed E-state index contributed by atoms with van der Waals surface area (Å²) >= 11 is 0. The molecule has 13 heavy (non-hydrogen) atoms. The number of aliphatic hydroxyl groups is 1. The molecule has 1 unspecified atom stereocenters. The van der Waals surface area contributed by atoms with Gasteiger partial charge in [0.1, 0.15) is 0 Å². The molecule has 1 atom stereocenters. The zero-order valence-corrected chi connectivity index (χ0v) is 8.68. The van der Waals surface area contributed by atoms with Gasteiger partial charge in [-0.15, -0.1) is 0 Å². The van der Waals surface area contributed by atoms with E-state index in [1.807, 2.05) is 14.0 Å². The Kier molecular flexibility index (Phi) is 4.16. The van der Waals surface area contributed by atoms with Crippen molar-refractivity contribution in [3.8, 4) is 0 Å². The van der Waals surface area contributed by atoms with E-state index in [1.54, 1.807) is 0 Å². The molecule has 1 aliphatic rings. The molecule has 1 aliphatic heterocycles. The van der Waals surface area contributed by atoms with Crippen LogP contribution in [-0.4, -0.2) is 37.5 Å². The average Bonchev–Trinajstić information content (AvgIpc) is 2.16. The number of ether oxygens (including phenoxy) is 1. The van der Waals surface area contributed by atoms with Crippen LogP contribution < -0.4 is 5.32 Å². The molecule has 1 saturated heterocycles. The lowest BCUT2D eigenvalue weighted by atomic mass is 9.81. The monoisotopic (exact) mass is 187 g/mol.